The molecule has 0 radical (unpaired) electrons. The minimum atomic E-state index is -1.08. The first-order valence-corrected chi connectivity index (χ1v) is 9.12. The van der Waals surface area contributed by atoms with Gasteiger partial charge in [-0.3, -0.25) is 0 Å². The van der Waals surface area contributed by atoms with Crippen LogP contribution in [-0.4, -0.2) is 13.5 Å². The highest BCUT2D eigenvalue weighted by atomic mass is 32.4. The van der Waals surface area contributed by atoms with Gasteiger partial charge in [0.1, 0.15) is 7.22 Å². The molecule has 0 bridgehead atoms. The Morgan fingerprint density at radius 1 is 0.750 bits per heavy atom. The van der Waals surface area contributed by atoms with Crippen LogP contribution in [0, 0.1) is 0 Å². The maximum atomic E-state index is 2.41. The highest BCUT2D eigenvalue weighted by molar-refractivity contribution is 8.28. The van der Waals surface area contributed by atoms with Crippen LogP contribution in [0.5, 0.6) is 0 Å². The van der Waals surface area contributed by atoms with Gasteiger partial charge in [0.2, 0.25) is 0 Å². The fraction of sp³-hybridized carbons (Fsp3) is 1.00. The zero-order valence-corrected chi connectivity index (χ0v) is 11.5. The van der Waals surface area contributed by atoms with Gasteiger partial charge in [0.05, 0.1) is 0 Å². The molecule has 0 aromatic carbocycles. The molecule has 0 aromatic heterocycles. The van der Waals surface area contributed by atoms with E-state index < -0.39 is 7.22 Å². The molecule has 0 rings (SSSR count). The van der Waals surface area contributed by atoms with E-state index in [4.69, 9.17) is 0 Å². The summed E-state index contributed by atoms with van der Waals surface area (Å²) >= 11 is 2.18. The smallest absolute Gasteiger partial charge is 0.124 e. The second-order valence-electron chi connectivity index (χ2n) is 4.52. The summed E-state index contributed by atoms with van der Waals surface area (Å²) in [4.78, 5) is 0. The summed E-state index contributed by atoms with van der Waals surface area (Å²) in [6.07, 6.45) is 2.31. The van der Waals surface area contributed by atoms with Crippen molar-refractivity contribution in [2.45, 2.75) is 58.2 Å². The third-order valence-electron chi connectivity index (χ3n) is 3.06. The quantitative estimate of drug-likeness (QED) is 0.607. The lowest BCUT2D eigenvalue weighted by molar-refractivity contribution is 0.852. The zero-order valence-electron chi connectivity index (χ0n) is 9.64. The number of rotatable bonds is 4. The monoisotopic (exact) mass is 204 g/mol. The Hall–Kier alpha value is 0.567. The van der Waals surface area contributed by atoms with Crippen molar-refractivity contribution < 1.29 is 0 Å². The standard InChI is InChI=1S/C10H24SSi/c1-8(2)12(11-7,9(3)4)10(5)6/h8-10H,1-7H3. The van der Waals surface area contributed by atoms with Gasteiger partial charge in [-0.1, -0.05) is 41.5 Å². The Balaban J connectivity index is 4.77. The second kappa shape index (κ2) is 4.71. The average Bonchev–Trinajstić information content (AvgIpc) is 1.86. The first-order valence-electron chi connectivity index (χ1n) is 4.94. The lowest BCUT2D eigenvalue weighted by Crippen LogP contribution is -2.40. The second-order valence-corrected chi connectivity index (χ2v) is 13.4. The van der Waals surface area contributed by atoms with Crippen molar-refractivity contribution in [2.24, 2.45) is 0 Å². The molecule has 0 spiro atoms. The van der Waals surface area contributed by atoms with Crippen molar-refractivity contribution in [1.29, 1.82) is 0 Å². The van der Waals surface area contributed by atoms with Crippen LogP contribution in [-0.2, 0) is 0 Å². The van der Waals surface area contributed by atoms with Crippen LogP contribution in [0.15, 0.2) is 0 Å². The van der Waals surface area contributed by atoms with Gasteiger partial charge in [0.15, 0.2) is 0 Å². The molecule has 0 aromatic rings. The van der Waals surface area contributed by atoms with E-state index in [1.807, 2.05) is 0 Å². The number of hydrogen-bond acceptors (Lipinski definition) is 1. The number of hydrogen-bond donors (Lipinski definition) is 0. The molecule has 74 valence electrons. The first-order chi connectivity index (χ1) is 5.39. The van der Waals surface area contributed by atoms with Gasteiger partial charge in [-0.2, -0.15) is 11.2 Å². The van der Waals surface area contributed by atoms with Crippen LogP contribution in [0.4, 0.5) is 0 Å². The molecule has 0 saturated carbocycles. The summed E-state index contributed by atoms with van der Waals surface area (Å²) in [6, 6.07) is 0. The van der Waals surface area contributed by atoms with E-state index in [9.17, 15) is 0 Å². The fourth-order valence-corrected chi connectivity index (χ4v) is 12.4. The Kier molecular flexibility index (Phi) is 4.93. The Morgan fingerprint density at radius 3 is 1.00 bits per heavy atom. The van der Waals surface area contributed by atoms with Crippen LogP contribution in [0.3, 0.4) is 0 Å². The van der Waals surface area contributed by atoms with E-state index in [1.165, 1.54) is 0 Å². The lowest BCUT2D eigenvalue weighted by Gasteiger charge is -2.41. The maximum Gasteiger partial charge on any atom is 0.124 e. The van der Waals surface area contributed by atoms with Crippen molar-refractivity contribution in [3.05, 3.63) is 0 Å². The van der Waals surface area contributed by atoms with Crippen molar-refractivity contribution in [2.75, 3.05) is 6.26 Å². The van der Waals surface area contributed by atoms with Crippen LogP contribution >= 0.6 is 11.2 Å². The van der Waals surface area contributed by atoms with E-state index in [1.54, 1.807) is 0 Å². The molecule has 0 heterocycles. The Labute approximate surface area is 83.2 Å². The predicted octanol–water partition coefficient (Wildman–Crippen LogP) is 4.52. The van der Waals surface area contributed by atoms with E-state index >= 15 is 0 Å². The highest BCUT2D eigenvalue weighted by Gasteiger charge is 2.41. The Bertz CT molecular complexity index is 108. The molecule has 0 amide bonds. The topological polar surface area (TPSA) is 0 Å². The molecule has 0 aliphatic heterocycles. The fourth-order valence-electron chi connectivity index (χ4n) is 2.71. The molecular weight excluding hydrogens is 180 g/mol. The molecule has 0 nitrogen and oxygen atoms in total. The predicted molar refractivity (Wildman–Crippen MR) is 64.6 cm³/mol. The van der Waals surface area contributed by atoms with Crippen LogP contribution in [0.1, 0.15) is 41.5 Å². The average molecular weight is 204 g/mol. The van der Waals surface area contributed by atoms with Crippen molar-refractivity contribution >= 4 is 18.4 Å². The lowest BCUT2D eigenvalue weighted by atomic mass is 10.5. The van der Waals surface area contributed by atoms with Gasteiger partial charge in [0, 0.05) is 0 Å². The Morgan fingerprint density at radius 2 is 1.00 bits per heavy atom. The van der Waals surface area contributed by atoms with Crippen LogP contribution < -0.4 is 0 Å². The van der Waals surface area contributed by atoms with Crippen molar-refractivity contribution in [3.8, 4) is 0 Å². The molecule has 0 unspecified atom stereocenters. The van der Waals surface area contributed by atoms with Gasteiger partial charge >= 0.3 is 0 Å². The highest BCUT2D eigenvalue weighted by Crippen LogP contribution is 2.47. The molecular formula is C10H24SSi. The third kappa shape index (κ3) is 2.08. The summed E-state index contributed by atoms with van der Waals surface area (Å²) < 4.78 is 0. The van der Waals surface area contributed by atoms with Gasteiger partial charge in [0.25, 0.3) is 0 Å². The van der Waals surface area contributed by atoms with Gasteiger partial charge < -0.3 is 0 Å². The first kappa shape index (κ1) is 12.6. The normalized spacial score (nSPS) is 13.5. The molecule has 0 N–H and O–H groups in total. The van der Waals surface area contributed by atoms with Gasteiger partial charge in [-0.25, -0.2) is 0 Å². The van der Waals surface area contributed by atoms with Crippen molar-refractivity contribution in [3.63, 3.8) is 0 Å². The molecule has 12 heavy (non-hydrogen) atoms. The molecule has 0 aliphatic rings. The van der Waals surface area contributed by atoms with Crippen LogP contribution in [0.2, 0.25) is 16.6 Å². The summed E-state index contributed by atoms with van der Waals surface area (Å²) in [6.45, 7) is 14.4. The minimum Gasteiger partial charge on any atom is -0.188 e. The van der Waals surface area contributed by atoms with Gasteiger partial charge in [-0.15, -0.1) is 0 Å². The molecule has 2 heteroatoms. The molecule has 0 aliphatic carbocycles. The summed E-state index contributed by atoms with van der Waals surface area (Å²) in [5.74, 6) is 0. The third-order valence-corrected chi connectivity index (χ3v) is 15.5. The molecule has 0 saturated heterocycles. The van der Waals surface area contributed by atoms with Crippen LogP contribution in [0.25, 0.3) is 0 Å². The minimum absolute atomic E-state index is 0.896. The van der Waals surface area contributed by atoms with Crippen molar-refractivity contribution in [1.82, 2.24) is 0 Å². The summed E-state index contributed by atoms with van der Waals surface area (Å²) in [5, 5.41) is 0. The van der Waals surface area contributed by atoms with E-state index in [0.717, 1.165) is 16.6 Å². The largest absolute Gasteiger partial charge is 0.188 e. The maximum absolute atomic E-state index is 2.41. The summed E-state index contributed by atoms with van der Waals surface area (Å²) in [5.41, 5.74) is 2.69. The molecule has 0 atom stereocenters. The summed E-state index contributed by atoms with van der Waals surface area (Å²) in [7, 11) is -1.08. The van der Waals surface area contributed by atoms with Gasteiger partial charge in [-0.05, 0) is 22.9 Å². The van der Waals surface area contributed by atoms with E-state index in [-0.39, 0.29) is 0 Å². The van der Waals surface area contributed by atoms with E-state index in [0.29, 0.717) is 0 Å². The SMILES string of the molecule is CS[Si](C(C)C)(C(C)C)C(C)C. The van der Waals surface area contributed by atoms with E-state index in [2.05, 4.69) is 59.0 Å². The zero-order chi connectivity index (χ0) is 9.94. The molecule has 0 fully saturated rings.